The van der Waals surface area contributed by atoms with Gasteiger partial charge in [-0.05, 0) is 34.0 Å². The predicted octanol–water partition coefficient (Wildman–Crippen LogP) is 1.95. The summed E-state index contributed by atoms with van der Waals surface area (Å²) >= 11 is 3.02. The molecule has 0 aliphatic carbocycles. The monoisotopic (exact) mass is 289 g/mol. The van der Waals surface area contributed by atoms with Crippen LogP contribution >= 0.6 is 15.9 Å². The SMILES string of the molecule is CC(CO)CNC(=O)c1cccc(F)c1Br. The maximum absolute atomic E-state index is 13.1. The molecule has 0 radical (unpaired) electrons. The molecule has 88 valence electrons. The van der Waals surface area contributed by atoms with E-state index in [9.17, 15) is 9.18 Å². The van der Waals surface area contributed by atoms with Crippen molar-refractivity contribution in [2.75, 3.05) is 13.2 Å². The summed E-state index contributed by atoms with van der Waals surface area (Å²) in [7, 11) is 0. The van der Waals surface area contributed by atoms with Gasteiger partial charge in [0.2, 0.25) is 0 Å². The van der Waals surface area contributed by atoms with E-state index in [1.807, 2.05) is 0 Å². The number of carbonyl (C=O) groups is 1. The maximum atomic E-state index is 13.1. The Morgan fingerprint density at radius 2 is 2.31 bits per heavy atom. The van der Waals surface area contributed by atoms with Gasteiger partial charge in [0.15, 0.2) is 0 Å². The van der Waals surface area contributed by atoms with Crippen LogP contribution in [0.4, 0.5) is 4.39 Å². The molecule has 0 bridgehead atoms. The van der Waals surface area contributed by atoms with Gasteiger partial charge < -0.3 is 10.4 Å². The number of aliphatic hydroxyl groups is 1. The average Bonchev–Trinajstić information content (AvgIpc) is 2.29. The molecule has 0 saturated heterocycles. The first-order chi connectivity index (χ1) is 7.56. The molecule has 0 aliphatic heterocycles. The van der Waals surface area contributed by atoms with E-state index in [1.54, 1.807) is 6.92 Å². The van der Waals surface area contributed by atoms with E-state index in [4.69, 9.17) is 5.11 Å². The van der Waals surface area contributed by atoms with Crippen molar-refractivity contribution in [2.24, 2.45) is 5.92 Å². The fourth-order valence-electron chi connectivity index (χ4n) is 1.11. The lowest BCUT2D eigenvalue weighted by Gasteiger charge is -2.10. The van der Waals surface area contributed by atoms with E-state index in [-0.39, 0.29) is 28.5 Å². The first-order valence-electron chi connectivity index (χ1n) is 4.89. The second kappa shape index (κ2) is 5.96. The number of aliphatic hydroxyl groups excluding tert-OH is 1. The summed E-state index contributed by atoms with van der Waals surface area (Å²) in [6.45, 7) is 2.17. The fraction of sp³-hybridized carbons (Fsp3) is 0.364. The van der Waals surface area contributed by atoms with E-state index in [0.29, 0.717) is 6.54 Å². The molecule has 1 aromatic rings. The summed E-state index contributed by atoms with van der Waals surface area (Å²) in [5.74, 6) is -0.842. The van der Waals surface area contributed by atoms with Gasteiger partial charge in [0, 0.05) is 13.2 Å². The zero-order valence-corrected chi connectivity index (χ0v) is 10.4. The standard InChI is InChI=1S/C11H13BrFNO2/c1-7(6-15)5-14-11(16)8-3-2-4-9(13)10(8)12/h2-4,7,15H,5-6H2,1H3,(H,14,16). The number of rotatable bonds is 4. The predicted molar refractivity (Wildman–Crippen MR) is 62.7 cm³/mol. The third-order valence-corrected chi connectivity index (χ3v) is 2.92. The number of hydrogen-bond donors (Lipinski definition) is 2. The molecule has 0 aromatic heterocycles. The molecule has 2 N–H and O–H groups in total. The molecule has 16 heavy (non-hydrogen) atoms. The Morgan fingerprint density at radius 3 is 2.94 bits per heavy atom. The van der Waals surface area contributed by atoms with Gasteiger partial charge in [0.1, 0.15) is 5.82 Å². The summed E-state index contributed by atoms with van der Waals surface area (Å²) in [5.41, 5.74) is 0.255. The third kappa shape index (κ3) is 3.28. The minimum absolute atomic E-state index is 0.00456. The molecule has 0 aliphatic rings. The molecule has 5 heteroatoms. The van der Waals surface area contributed by atoms with Crippen molar-refractivity contribution in [3.05, 3.63) is 34.1 Å². The zero-order valence-electron chi connectivity index (χ0n) is 8.84. The van der Waals surface area contributed by atoms with Gasteiger partial charge in [-0.25, -0.2) is 4.39 Å². The van der Waals surface area contributed by atoms with Gasteiger partial charge >= 0.3 is 0 Å². The molecular formula is C11H13BrFNO2. The summed E-state index contributed by atoms with van der Waals surface area (Å²) < 4.78 is 13.3. The van der Waals surface area contributed by atoms with Gasteiger partial charge in [-0.2, -0.15) is 0 Å². The largest absolute Gasteiger partial charge is 0.396 e. The Balaban J connectivity index is 2.70. The highest BCUT2D eigenvalue weighted by Gasteiger charge is 2.13. The Kier molecular flexibility index (Phi) is 4.89. The number of nitrogens with one attached hydrogen (secondary N) is 1. The van der Waals surface area contributed by atoms with Crippen molar-refractivity contribution in [3.8, 4) is 0 Å². The highest BCUT2D eigenvalue weighted by atomic mass is 79.9. The molecule has 1 aromatic carbocycles. The molecule has 1 unspecified atom stereocenters. The summed E-state index contributed by atoms with van der Waals surface area (Å²) in [6, 6.07) is 4.29. The molecule has 1 atom stereocenters. The molecule has 0 fully saturated rings. The first-order valence-corrected chi connectivity index (χ1v) is 5.68. The van der Waals surface area contributed by atoms with Gasteiger partial charge in [-0.1, -0.05) is 13.0 Å². The molecule has 1 rings (SSSR count). The second-order valence-corrected chi connectivity index (χ2v) is 4.39. The Labute approximate surface area is 102 Å². The van der Waals surface area contributed by atoms with E-state index in [2.05, 4.69) is 21.2 Å². The third-order valence-electron chi connectivity index (χ3n) is 2.12. The number of carbonyl (C=O) groups excluding carboxylic acids is 1. The van der Waals surface area contributed by atoms with Gasteiger partial charge in [0.05, 0.1) is 10.0 Å². The van der Waals surface area contributed by atoms with Crippen LogP contribution in [0.3, 0.4) is 0 Å². The van der Waals surface area contributed by atoms with Crippen molar-refractivity contribution < 1.29 is 14.3 Å². The molecule has 0 spiro atoms. The van der Waals surface area contributed by atoms with E-state index in [1.165, 1.54) is 18.2 Å². The van der Waals surface area contributed by atoms with Crippen molar-refractivity contribution in [1.82, 2.24) is 5.32 Å². The van der Waals surface area contributed by atoms with Crippen LogP contribution in [0.2, 0.25) is 0 Å². The van der Waals surface area contributed by atoms with Crippen LogP contribution in [0.5, 0.6) is 0 Å². The maximum Gasteiger partial charge on any atom is 0.252 e. The lowest BCUT2D eigenvalue weighted by atomic mass is 10.1. The molecule has 1 amide bonds. The second-order valence-electron chi connectivity index (χ2n) is 3.60. The van der Waals surface area contributed by atoms with Crippen LogP contribution in [0.25, 0.3) is 0 Å². The number of hydrogen-bond acceptors (Lipinski definition) is 2. The Morgan fingerprint density at radius 1 is 1.62 bits per heavy atom. The fourth-order valence-corrected chi connectivity index (χ4v) is 1.55. The van der Waals surface area contributed by atoms with E-state index >= 15 is 0 Å². The Hall–Kier alpha value is -0.940. The van der Waals surface area contributed by atoms with Crippen molar-refractivity contribution in [3.63, 3.8) is 0 Å². The van der Waals surface area contributed by atoms with Crippen molar-refractivity contribution in [1.29, 1.82) is 0 Å². The zero-order chi connectivity index (χ0) is 12.1. The van der Waals surface area contributed by atoms with Crippen LogP contribution < -0.4 is 5.32 Å². The van der Waals surface area contributed by atoms with Crippen LogP contribution in [-0.4, -0.2) is 24.2 Å². The number of halogens is 2. The van der Waals surface area contributed by atoms with Crippen LogP contribution in [0.15, 0.2) is 22.7 Å². The normalized spacial score (nSPS) is 12.2. The Bertz CT molecular complexity index is 384. The van der Waals surface area contributed by atoms with E-state index in [0.717, 1.165) is 0 Å². The smallest absolute Gasteiger partial charge is 0.252 e. The minimum Gasteiger partial charge on any atom is -0.396 e. The van der Waals surface area contributed by atoms with Crippen molar-refractivity contribution in [2.45, 2.75) is 6.92 Å². The molecule has 0 saturated carbocycles. The average molecular weight is 290 g/mol. The van der Waals surface area contributed by atoms with E-state index < -0.39 is 5.82 Å². The van der Waals surface area contributed by atoms with Gasteiger partial charge in [-0.3, -0.25) is 4.79 Å². The molecule has 3 nitrogen and oxygen atoms in total. The number of amides is 1. The molecular weight excluding hydrogens is 277 g/mol. The molecule has 0 heterocycles. The highest BCUT2D eigenvalue weighted by molar-refractivity contribution is 9.10. The lowest BCUT2D eigenvalue weighted by Crippen LogP contribution is -2.29. The van der Waals surface area contributed by atoms with Gasteiger partial charge in [-0.15, -0.1) is 0 Å². The number of benzene rings is 1. The van der Waals surface area contributed by atoms with Crippen LogP contribution in [-0.2, 0) is 0 Å². The van der Waals surface area contributed by atoms with Crippen LogP contribution in [0.1, 0.15) is 17.3 Å². The summed E-state index contributed by atoms with van der Waals surface area (Å²) in [5, 5.41) is 11.4. The summed E-state index contributed by atoms with van der Waals surface area (Å²) in [6.07, 6.45) is 0. The topological polar surface area (TPSA) is 49.3 Å². The van der Waals surface area contributed by atoms with Gasteiger partial charge in [0.25, 0.3) is 5.91 Å². The minimum atomic E-state index is -0.470. The lowest BCUT2D eigenvalue weighted by molar-refractivity contribution is 0.0941. The summed E-state index contributed by atoms with van der Waals surface area (Å²) in [4.78, 5) is 11.6. The highest BCUT2D eigenvalue weighted by Crippen LogP contribution is 2.20. The van der Waals surface area contributed by atoms with Crippen molar-refractivity contribution >= 4 is 21.8 Å². The first kappa shape index (κ1) is 13.1. The quantitative estimate of drug-likeness (QED) is 0.890. The van der Waals surface area contributed by atoms with Crippen LogP contribution in [0, 0.1) is 11.7 Å².